The van der Waals surface area contributed by atoms with E-state index in [9.17, 15) is 32.4 Å². The Morgan fingerprint density at radius 2 is 1.77 bits per heavy atom. The summed E-state index contributed by atoms with van der Waals surface area (Å²) in [5.41, 5.74) is 0.365. The van der Waals surface area contributed by atoms with E-state index in [1.54, 1.807) is 42.6 Å². The smallest absolute Gasteiger partial charge is 0.259 e. The van der Waals surface area contributed by atoms with Gasteiger partial charge in [-0.25, -0.2) is 13.4 Å². The normalized spacial score (nSPS) is 26.2. The largest absolute Gasteiger partial charge is 0.497 e. The van der Waals surface area contributed by atoms with Gasteiger partial charge < -0.3 is 25.2 Å². The number of fused-ring (bicyclic) bond motifs is 3. The van der Waals surface area contributed by atoms with Crippen molar-refractivity contribution in [3.8, 4) is 17.1 Å². The molecule has 0 radical (unpaired) electrons. The van der Waals surface area contributed by atoms with Gasteiger partial charge in [0.1, 0.15) is 17.3 Å². The molecule has 0 spiro atoms. The van der Waals surface area contributed by atoms with Gasteiger partial charge in [-0.2, -0.15) is 0 Å². The highest BCUT2D eigenvalue weighted by Gasteiger charge is 2.62. The van der Waals surface area contributed by atoms with Crippen molar-refractivity contribution < 1.29 is 37.1 Å². The average Bonchev–Trinajstić information content (AvgIpc) is 4.19. The highest BCUT2D eigenvalue weighted by atomic mass is 32.2. The number of hydrogen-bond acceptors (Lipinski definition) is 10. The maximum absolute atomic E-state index is 14.8. The molecule has 15 nitrogen and oxygen atoms in total. The van der Waals surface area contributed by atoms with E-state index in [0.717, 1.165) is 32.1 Å². The Balaban J connectivity index is 1.11. The molecule has 1 aromatic carbocycles. The highest BCUT2D eigenvalue weighted by Crippen LogP contribution is 2.46. The number of hydrogen-bond donors (Lipinski definition) is 3. The number of carbonyl (C=O) groups excluding carboxylic acids is 5. The number of carbonyl (C=O) groups is 5. The van der Waals surface area contributed by atoms with Crippen molar-refractivity contribution in [3.63, 3.8) is 0 Å². The Morgan fingerprint density at radius 1 is 0.967 bits per heavy atom. The molecule has 3 N–H and O–H groups in total. The summed E-state index contributed by atoms with van der Waals surface area (Å²) in [6.45, 7) is 1.28. The van der Waals surface area contributed by atoms with E-state index in [-0.39, 0.29) is 37.6 Å². The van der Waals surface area contributed by atoms with Crippen molar-refractivity contribution in [2.75, 3.05) is 26.7 Å². The Bertz CT molecular complexity index is 2300. The van der Waals surface area contributed by atoms with E-state index in [1.165, 1.54) is 12.0 Å². The van der Waals surface area contributed by atoms with E-state index < -0.39 is 62.5 Å². The van der Waals surface area contributed by atoms with E-state index in [0.29, 0.717) is 78.8 Å². The number of allylic oxidation sites excluding steroid dienone is 1. The number of likely N-dealkylation sites (tertiary alicyclic amines) is 1. The van der Waals surface area contributed by atoms with Crippen LogP contribution < -0.4 is 20.1 Å². The Kier molecular flexibility index (Phi) is 11.9. The first-order chi connectivity index (χ1) is 29.0. The fourth-order valence-corrected chi connectivity index (χ4v) is 10.3. The predicted molar refractivity (Wildman–Crippen MR) is 223 cm³/mol. The maximum atomic E-state index is 14.8. The van der Waals surface area contributed by atoms with Crippen LogP contribution in [-0.2, 0) is 29.2 Å². The molecule has 3 aliphatic heterocycles. The molecule has 4 fully saturated rings. The Hall–Kier alpha value is -5.38. The summed E-state index contributed by atoms with van der Waals surface area (Å²) < 4.78 is 33.6. The fraction of sp³-hybridized carbons (Fsp3) is 0.523. The number of pyridine rings is 2. The lowest BCUT2D eigenvalue weighted by Crippen LogP contribution is -2.57. The number of nitrogens with one attached hydrogen (secondary N) is 3. The number of methoxy groups -OCH3 is 1. The quantitative estimate of drug-likeness (QED) is 0.265. The molecule has 3 aromatic rings. The van der Waals surface area contributed by atoms with Crippen molar-refractivity contribution in [3.05, 3.63) is 66.4 Å². The summed E-state index contributed by atoms with van der Waals surface area (Å²) in [5, 5.41) is 5.89. The van der Waals surface area contributed by atoms with Crippen LogP contribution in [0.4, 0.5) is 0 Å². The summed E-state index contributed by atoms with van der Waals surface area (Å²) in [4.78, 5) is 83.8. The molecule has 2 saturated heterocycles. The van der Waals surface area contributed by atoms with E-state index >= 15 is 0 Å². The molecule has 5 atom stereocenters. The summed E-state index contributed by atoms with van der Waals surface area (Å²) in [6.07, 6.45) is 13.0. The van der Waals surface area contributed by atoms with E-state index in [4.69, 9.17) is 9.72 Å². The molecule has 2 aliphatic carbocycles. The van der Waals surface area contributed by atoms with Gasteiger partial charge in [0.25, 0.3) is 11.8 Å². The van der Waals surface area contributed by atoms with E-state index in [1.807, 2.05) is 23.1 Å². The zero-order valence-corrected chi connectivity index (χ0v) is 34.8. The zero-order chi connectivity index (χ0) is 42.0. The molecular weight excluding hydrogens is 787 g/mol. The van der Waals surface area contributed by atoms with Gasteiger partial charge in [0.2, 0.25) is 27.7 Å². The third-order valence-corrected chi connectivity index (χ3v) is 14.5. The van der Waals surface area contributed by atoms with Gasteiger partial charge in [-0.1, -0.05) is 31.1 Å². The molecule has 0 unspecified atom stereocenters. The molecule has 2 saturated carbocycles. The minimum atomic E-state index is -3.91. The number of benzene rings is 1. The highest BCUT2D eigenvalue weighted by molar-refractivity contribution is 7.91. The van der Waals surface area contributed by atoms with Gasteiger partial charge in [0.05, 0.1) is 34.8 Å². The van der Waals surface area contributed by atoms with Crippen LogP contribution in [0.25, 0.3) is 22.3 Å². The Morgan fingerprint density at radius 3 is 2.52 bits per heavy atom. The van der Waals surface area contributed by atoms with E-state index in [2.05, 4.69) is 20.3 Å². The minimum absolute atomic E-state index is 0.00911. The number of aromatic nitrogens is 2. The summed E-state index contributed by atoms with van der Waals surface area (Å²) in [6, 6.07) is 10.5. The number of ether oxygens (including phenoxy) is 1. The first-order valence-corrected chi connectivity index (χ1v) is 22.8. The van der Waals surface area contributed by atoms with Crippen molar-refractivity contribution in [2.45, 2.75) is 106 Å². The topological polar surface area (TPSA) is 197 Å². The third-order valence-electron chi connectivity index (χ3n) is 12.6. The van der Waals surface area contributed by atoms with Crippen LogP contribution in [0.15, 0.2) is 60.8 Å². The van der Waals surface area contributed by atoms with Gasteiger partial charge in [-0.15, -0.1) is 0 Å². The Labute approximate surface area is 350 Å². The number of sulfonamides is 1. The number of piperidine rings is 1. The fourth-order valence-electron chi connectivity index (χ4n) is 8.95. The molecule has 60 heavy (non-hydrogen) atoms. The van der Waals surface area contributed by atoms with Crippen molar-refractivity contribution in [1.82, 2.24) is 35.1 Å². The molecule has 318 valence electrons. The van der Waals surface area contributed by atoms with Gasteiger partial charge in [-0.05, 0) is 101 Å². The minimum Gasteiger partial charge on any atom is -0.497 e. The first kappa shape index (κ1) is 41.4. The van der Waals surface area contributed by atoms with Gasteiger partial charge >= 0.3 is 0 Å². The van der Waals surface area contributed by atoms with Crippen LogP contribution in [0, 0.1) is 11.8 Å². The lowest BCUT2D eigenvalue weighted by atomic mass is 9.94. The molecule has 2 aromatic heterocycles. The van der Waals surface area contributed by atoms with Crippen LogP contribution >= 0.6 is 0 Å². The second kappa shape index (κ2) is 17.3. The molecule has 0 bridgehead atoms. The summed E-state index contributed by atoms with van der Waals surface area (Å²) in [7, 11) is -2.38. The SMILES string of the molecule is COc1ccc2nc(-c3ccccn3)cc(C(=O)N[C@@H]3C[C@H]4C(=O)N[C@]5(C(=O)NS(=O)(=O)C6CC6)C[C@H]5C=CCCCCC[C@H](CC(=O)N5CCCCC5)C(=O)N4C3)c2c1. The molecule has 16 heteroatoms. The van der Waals surface area contributed by atoms with Crippen molar-refractivity contribution in [2.24, 2.45) is 11.8 Å². The van der Waals surface area contributed by atoms with Crippen molar-refractivity contribution in [1.29, 1.82) is 0 Å². The zero-order valence-electron chi connectivity index (χ0n) is 33.9. The predicted octanol–water partition coefficient (Wildman–Crippen LogP) is 4.03. The molecular formula is C44H53N7O8S. The lowest BCUT2D eigenvalue weighted by molar-refractivity contribution is -0.145. The summed E-state index contributed by atoms with van der Waals surface area (Å²) >= 11 is 0. The standard InChI is InChI=1S/C44H53N7O8S/c1-59-31-15-18-35-33(24-31)34(25-37(47-35)36-14-8-9-19-45-36)40(53)46-30-23-38-41(54)48-44(43(56)49-60(57,58)32-16-17-32)26-29(44)13-7-4-2-3-6-12-28(42(55)51(38)27-30)22-39(52)50-20-10-5-11-21-50/h7-9,13-15,18-19,24-25,28-30,32,38H,2-6,10-12,16-17,20-23,26-27H2,1H3,(H,46,53)(H,48,54)(H,49,56)/t28-,29-,30-,38+,44-/m1/s1. The number of amides is 5. The van der Waals surface area contributed by atoms with Gasteiger partial charge in [0.15, 0.2) is 0 Å². The summed E-state index contributed by atoms with van der Waals surface area (Å²) in [5.74, 6) is -2.93. The van der Waals surface area contributed by atoms with Crippen LogP contribution in [0.3, 0.4) is 0 Å². The monoisotopic (exact) mass is 839 g/mol. The van der Waals surface area contributed by atoms with Crippen LogP contribution in [0.1, 0.15) is 93.8 Å². The van der Waals surface area contributed by atoms with Gasteiger partial charge in [-0.3, -0.25) is 33.7 Å². The van der Waals surface area contributed by atoms with Crippen LogP contribution in [0.2, 0.25) is 0 Å². The second-order valence-corrected chi connectivity index (χ2v) is 18.9. The lowest BCUT2D eigenvalue weighted by Gasteiger charge is -2.31. The molecule has 8 rings (SSSR count). The number of rotatable bonds is 9. The molecule has 5 amide bonds. The second-order valence-electron chi connectivity index (χ2n) is 16.9. The third kappa shape index (κ3) is 8.89. The first-order valence-electron chi connectivity index (χ1n) is 21.3. The molecule has 5 heterocycles. The number of nitrogens with zero attached hydrogens (tertiary/aromatic N) is 4. The van der Waals surface area contributed by atoms with Crippen molar-refractivity contribution >= 4 is 50.5 Å². The van der Waals surface area contributed by atoms with Gasteiger partial charge in [0, 0.05) is 55.5 Å². The van der Waals surface area contributed by atoms with Crippen LogP contribution in [-0.4, -0.2) is 107 Å². The average molecular weight is 840 g/mol. The van der Waals surface area contributed by atoms with Crippen LogP contribution in [0.5, 0.6) is 5.75 Å². The molecule has 5 aliphatic rings. The maximum Gasteiger partial charge on any atom is 0.259 e.